The Morgan fingerprint density at radius 3 is 2.68 bits per heavy atom. The first-order valence-electron chi connectivity index (χ1n) is 5.45. The number of rotatable bonds is 1. The Morgan fingerprint density at radius 1 is 1.11 bits per heavy atom. The molecule has 0 aliphatic heterocycles. The quantitative estimate of drug-likeness (QED) is 0.648. The molecule has 0 saturated carbocycles. The minimum atomic E-state index is -0.455. The van der Waals surface area contributed by atoms with Crippen molar-refractivity contribution in [3.63, 3.8) is 0 Å². The van der Waals surface area contributed by atoms with Crippen molar-refractivity contribution >= 4 is 26.7 Å². The molecule has 0 N–H and O–H groups in total. The van der Waals surface area contributed by atoms with Crippen molar-refractivity contribution in [1.82, 2.24) is 14.8 Å². The van der Waals surface area contributed by atoms with E-state index >= 15 is 0 Å². The second-order valence-electron chi connectivity index (χ2n) is 3.90. The highest BCUT2D eigenvalue weighted by Crippen LogP contribution is 2.14. The maximum Gasteiger partial charge on any atom is 0.279 e. The Balaban J connectivity index is 2.29. The zero-order valence-corrected chi connectivity index (χ0v) is 11.1. The molecule has 6 heteroatoms. The number of halogens is 2. The van der Waals surface area contributed by atoms with Gasteiger partial charge >= 0.3 is 0 Å². The van der Waals surface area contributed by atoms with Crippen molar-refractivity contribution in [2.75, 3.05) is 0 Å². The van der Waals surface area contributed by atoms with Crippen molar-refractivity contribution in [2.24, 2.45) is 0 Å². The zero-order valence-electron chi connectivity index (χ0n) is 9.55. The number of fused-ring (bicyclic) bond motifs is 1. The molecule has 2 heterocycles. The fourth-order valence-electron chi connectivity index (χ4n) is 1.81. The van der Waals surface area contributed by atoms with Crippen LogP contribution in [0.2, 0.25) is 0 Å². The normalized spacial score (nSPS) is 10.8. The predicted molar refractivity (Wildman–Crippen MR) is 72.8 cm³/mol. The average molecular weight is 320 g/mol. The molecule has 0 aliphatic rings. The number of hydrogen-bond acceptors (Lipinski definition) is 3. The first-order chi connectivity index (χ1) is 9.16. The third-order valence-corrected chi connectivity index (χ3v) is 3.20. The largest absolute Gasteiger partial charge is 0.279 e. The summed E-state index contributed by atoms with van der Waals surface area (Å²) in [7, 11) is 0. The van der Waals surface area contributed by atoms with Gasteiger partial charge in [-0.05, 0) is 40.2 Å². The van der Waals surface area contributed by atoms with Crippen LogP contribution in [0.15, 0.2) is 52.1 Å². The third-order valence-electron chi connectivity index (χ3n) is 2.73. The van der Waals surface area contributed by atoms with E-state index in [1.54, 1.807) is 18.2 Å². The molecular weight excluding hydrogens is 313 g/mol. The lowest BCUT2D eigenvalue weighted by molar-refractivity contribution is 0.638. The second kappa shape index (κ2) is 4.55. The van der Waals surface area contributed by atoms with Gasteiger partial charge in [0.15, 0.2) is 0 Å². The smallest absolute Gasteiger partial charge is 0.267 e. The summed E-state index contributed by atoms with van der Waals surface area (Å²) in [5, 5.41) is 4.48. The first kappa shape index (κ1) is 12.0. The van der Waals surface area contributed by atoms with Crippen LogP contribution >= 0.6 is 15.9 Å². The Morgan fingerprint density at radius 2 is 1.95 bits per heavy atom. The van der Waals surface area contributed by atoms with Gasteiger partial charge in [-0.3, -0.25) is 4.79 Å². The van der Waals surface area contributed by atoms with Gasteiger partial charge in [0.25, 0.3) is 5.56 Å². The Labute approximate surface area is 115 Å². The minimum Gasteiger partial charge on any atom is -0.267 e. The van der Waals surface area contributed by atoms with Gasteiger partial charge in [0, 0.05) is 5.39 Å². The second-order valence-corrected chi connectivity index (χ2v) is 4.71. The van der Waals surface area contributed by atoms with Crippen LogP contribution in [0.3, 0.4) is 0 Å². The molecule has 3 aromatic rings. The lowest BCUT2D eigenvalue weighted by atomic mass is 10.2. The Bertz CT molecular complexity index is 814. The van der Waals surface area contributed by atoms with E-state index in [0.717, 1.165) is 0 Å². The van der Waals surface area contributed by atoms with Crippen LogP contribution in [0.25, 0.3) is 16.5 Å². The molecule has 0 atom stereocenters. The molecule has 0 radical (unpaired) electrons. The van der Waals surface area contributed by atoms with Gasteiger partial charge < -0.3 is 0 Å². The van der Waals surface area contributed by atoms with Gasteiger partial charge in [-0.2, -0.15) is 9.78 Å². The molecule has 0 amide bonds. The maximum absolute atomic E-state index is 13.5. The molecule has 4 nitrogen and oxygen atoms in total. The standard InChI is InChI=1S/C13H7BrFN3O/c14-12-5-4-8(6-16-12)18-13(19)9-2-1-3-11(15)10(9)7-17-18/h1-7H. The summed E-state index contributed by atoms with van der Waals surface area (Å²) in [6.45, 7) is 0. The van der Waals surface area contributed by atoms with Gasteiger partial charge in [-0.1, -0.05) is 6.07 Å². The van der Waals surface area contributed by atoms with E-state index in [1.807, 2.05) is 0 Å². The Kier molecular flexibility index (Phi) is 2.87. The average Bonchev–Trinajstić information content (AvgIpc) is 2.42. The maximum atomic E-state index is 13.5. The number of pyridine rings is 1. The van der Waals surface area contributed by atoms with E-state index in [9.17, 15) is 9.18 Å². The summed E-state index contributed by atoms with van der Waals surface area (Å²) in [5.74, 6) is -0.455. The van der Waals surface area contributed by atoms with E-state index in [-0.39, 0.29) is 16.3 Å². The number of hydrogen-bond donors (Lipinski definition) is 0. The minimum absolute atomic E-state index is 0.217. The zero-order chi connectivity index (χ0) is 13.4. The molecule has 1 aromatic carbocycles. The summed E-state index contributed by atoms with van der Waals surface area (Å²) in [5.41, 5.74) is 0.153. The number of nitrogens with zero attached hydrogens (tertiary/aromatic N) is 3. The summed E-state index contributed by atoms with van der Waals surface area (Å²) in [6, 6.07) is 7.79. The molecule has 0 saturated heterocycles. The molecule has 19 heavy (non-hydrogen) atoms. The highest BCUT2D eigenvalue weighted by atomic mass is 79.9. The third kappa shape index (κ3) is 2.04. The van der Waals surface area contributed by atoms with Crippen LogP contribution in [-0.4, -0.2) is 14.8 Å². The molecule has 3 rings (SSSR count). The lowest BCUT2D eigenvalue weighted by Crippen LogP contribution is -2.21. The van der Waals surface area contributed by atoms with E-state index in [0.29, 0.717) is 10.3 Å². The summed E-state index contributed by atoms with van der Waals surface area (Å²) in [6.07, 6.45) is 2.86. The Hall–Kier alpha value is -2.08. The van der Waals surface area contributed by atoms with Gasteiger partial charge in [-0.15, -0.1) is 0 Å². The van der Waals surface area contributed by atoms with Gasteiger partial charge in [0.1, 0.15) is 10.4 Å². The molecule has 0 unspecified atom stereocenters. The van der Waals surface area contributed by atoms with Crippen LogP contribution in [0.5, 0.6) is 0 Å². The van der Waals surface area contributed by atoms with Crippen LogP contribution in [0.4, 0.5) is 4.39 Å². The fraction of sp³-hybridized carbons (Fsp3) is 0. The van der Waals surface area contributed by atoms with Crippen molar-refractivity contribution in [2.45, 2.75) is 0 Å². The van der Waals surface area contributed by atoms with E-state index in [2.05, 4.69) is 26.0 Å². The number of benzene rings is 1. The molecule has 0 aliphatic carbocycles. The van der Waals surface area contributed by atoms with Crippen molar-refractivity contribution in [1.29, 1.82) is 0 Å². The van der Waals surface area contributed by atoms with Crippen LogP contribution < -0.4 is 5.56 Å². The summed E-state index contributed by atoms with van der Waals surface area (Å²) < 4.78 is 15.4. The van der Waals surface area contributed by atoms with Crippen LogP contribution in [0.1, 0.15) is 0 Å². The molecule has 2 aromatic heterocycles. The summed E-state index contributed by atoms with van der Waals surface area (Å²) >= 11 is 3.22. The van der Waals surface area contributed by atoms with Crippen molar-refractivity contribution in [3.05, 3.63) is 63.5 Å². The van der Waals surface area contributed by atoms with E-state index in [4.69, 9.17) is 0 Å². The molecule has 0 fully saturated rings. The molecule has 0 bridgehead atoms. The molecular formula is C13H7BrFN3O. The first-order valence-corrected chi connectivity index (χ1v) is 6.24. The fourth-order valence-corrected chi connectivity index (χ4v) is 2.05. The summed E-state index contributed by atoms with van der Waals surface area (Å²) in [4.78, 5) is 16.3. The van der Waals surface area contributed by atoms with Gasteiger partial charge in [-0.25, -0.2) is 9.37 Å². The number of aromatic nitrogens is 3. The van der Waals surface area contributed by atoms with Crippen LogP contribution in [0, 0.1) is 5.82 Å². The van der Waals surface area contributed by atoms with E-state index < -0.39 is 5.82 Å². The van der Waals surface area contributed by atoms with Crippen LogP contribution in [-0.2, 0) is 0 Å². The van der Waals surface area contributed by atoms with Crippen molar-refractivity contribution < 1.29 is 4.39 Å². The van der Waals surface area contributed by atoms with Gasteiger partial charge in [0.05, 0.1) is 23.5 Å². The van der Waals surface area contributed by atoms with Gasteiger partial charge in [0.2, 0.25) is 0 Å². The predicted octanol–water partition coefficient (Wildman–Crippen LogP) is 2.68. The van der Waals surface area contributed by atoms with Crippen molar-refractivity contribution in [3.8, 4) is 5.69 Å². The monoisotopic (exact) mass is 319 g/mol. The van der Waals surface area contributed by atoms with E-state index in [1.165, 1.54) is 29.2 Å². The molecule has 0 spiro atoms. The highest BCUT2D eigenvalue weighted by Gasteiger charge is 2.08. The molecule has 94 valence electrons. The highest BCUT2D eigenvalue weighted by molar-refractivity contribution is 9.10. The SMILES string of the molecule is O=c1c2cccc(F)c2cnn1-c1ccc(Br)nc1. The lowest BCUT2D eigenvalue weighted by Gasteiger charge is -2.05. The topological polar surface area (TPSA) is 47.8 Å².